The number of rotatable bonds is 0. The van der Waals surface area contributed by atoms with Gasteiger partial charge in [0, 0.05) is 18.8 Å². The highest BCUT2D eigenvalue weighted by molar-refractivity contribution is 4.85. The summed E-state index contributed by atoms with van der Waals surface area (Å²) in [5.41, 5.74) is 5.21. The molecule has 4 N–H and O–H groups in total. The first-order valence-corrected chi connectivity index (χ1v) is 8.42. The van der Waals surface area contributed by atoms with Crippen LogP contribution in [0, 0.1) is 5.92 Å². The van der Waals surface area contributed by atoms with Gasteiger partial charge in [0.25, 0.3) is 0 Å². The van der Waals surface area contributed by atoms with Crippen LogP contribution in [0.4, 0.5) is 0 Å². The second-order valence-electron chi connectivity index (χ2n) is 7.33. The van der Waals surface area contributed by atoms with E-state index in [1.807, 2.05) is 48.5 Å². The van der Waals surface area contributed by atoms with Crippen LogP contribution in [0.1, 0.15) is 61.3 Å². The number of ether oxygens (including phenoxy) is 2. The van der Waals surface area contributed by atoms with E-state index < -0.39 is 6.10 Å². The Hall–Kier alpha value is -0.200. The highest BCUT2D eigenvalue weighted by Crippen LogP contribution is 2.27. The Balaban J connectivity index is 0.000000360. The van der Waals surface area contributed by atoms with Gasteiger partial charge in [-0.3, -0.25) is 0 Å². The van der Waals surface area contributed by atoms with E-state index in [-0.39, 0.29) is 23.3 Å². The Labute approximate surface area is 136 Å². The number of aliphatic hydroxyl groups is 2. The van der Waals surface area contributed by atoms with Gasteiger partial charge in [0.05, 0.1) is 42.7 Å². The monoisotopic (exact) mass is 319 g/mol. The summed E-state index contributed by atoms with van der Waals surface area (Å²) in [6, 6.07) is -0.201. The van der Waals surface area contributed by atoms with Crippen molar-refractivity contribution >= 4 is 0 Å². The van der Waals surface area contributed by atoms with Crippen molar-refractivity contribution in [1.82, 2.24) is 0 Å². The third-order valence-corrected chi connectivity index (χ3v) is 3.96. The van der Waals surface area contributed by atoms with E-state index in [1.165, 1.54) is 0 Å². The lowest BCUT2D eigenvalue weighted by Crippen LogP contribution is -2.50. The van der Waals surface area contributed by atoms with Gasteiger partial charge in [-0.1, -0.05) is 20.8 Å². The van der Waals surface area contributed by atoms with Gasteiger partial charge >= 0.3 is 0 Å². The molecule has 0 aromatic carbocycles. The molecule has 0 aromatic heterocycles. The molecule has 2 rings (SSSR count). The summed E-state index contributed by atoms with van der Waals surface area (Å²) in [4.78, 5) is 0. The molecule has 2 aliphatic rings. The second kappa shape index (κ2) is 9.18. The zero-order valence-corrected chi connectivity index (χ0v) is 15.4. The van der Waals surface area contributed by atoms with Gasteiger partial charge in [-0.05, 0) is 27.7 Å². The molecule has 4 atom stereocenters. The predicted octanol–water partition coefficient (Wildman–Crippen LogP) is 2.08. The zero-order valence-electron chi connectivity index (χ0n) is 15.4. The van der Waals surface area contributed by atoms with E-state index in [4.69, 9.17) is 15.2 Å². The van der Waals surface area contributed by atoms with Crippen molar-refractivity contribution in [2.24, 2.45) is 11.7 Å². The van der Waals surface area contributed by atoms with Crippen LogP contribution in [0.3, 0.4) is 0 Å². The lowest BCUT2D eigenvalue weighted by Gasteiger charge is -2.36. The van der Waals surface area contributed by atoms with E-state index in [1.54, 1.807) is 0 Å². The summed E-state index contributed by atoms with van der Waals surface area (Å²) in [7, 11) is 0. The maximum Gasteiger partial charge on any atom is 0.0740 e. The SMILES string of the molecule is CC.CC1(C)C[C@H](O)[C@@H](N)CO1.C[C@H]1COC(C)(C)C[C@@H]1O. The largest absolute Gasteiger partial charge is 0.393 e. The quantitative estimate of drug-likeness (QED) is 0.636. The van der Waals surface area contributed by atoms with E-state index in [2.05, 4.69) is 0 Å². The minimum absolute atomic E-state index is 0.119. The minimum Gasteiger partial charge on any atom is -0.393 e. The number of aliphatic hydroxyl groups excluding tert-OH is 2. The third kappa shape index (κ3) is 7.88. The van der Waals surface area contributed by atoms with Crippen LogP contribution >= 0.6 is 0 Å². The maximum atomic E-state index is 9.43. The zero-order chi connectivity index (χ0) is 17.6. The Morgan fingerprint density at radius 1 is 0.864 bits per heavy atom. The maximum absolute atomic E-state index is 9.43. The van der Waals surface area contributed by atoms with Crippen molar-refractivity contribution in [3.63, 3.8) is 0 Å². The lowest BCUT2D eigenvalue weighted by molar-refractivity contribution is -0.124. The molecule has 0 unspecified atom stereocenters. The van der Waals surface area contributed by atoms with E-state index >= 15 is 0 Å². The van der Waals surface area contributed by atoms with Gasteiger partial charge in [0.2, 0.25) is 0 Å². The second-order valence-corrected chi connectivity index (χ2v) is 7.33. The molecule has 2 aliphatic heterocycles. The fourth-order valence-corrected chi connectivity index (χ4v) is 2.38. The summed E-state index contributed by atoms with van der Waals surface area (Å²) >= 11 is 0. The van der Waals surface area contributed by atoms with Crippen molar-refractivity contribution < 1.29 is 19.7 Å². The average molecular weight is 319 g/mol. The number of hydrogen-bond acceptors (Lipinski definition) is 5. The van der Waals surface area contributed by atoms with E-state index in [9.17, 15) is 10.2 Å². The molecule has 0 bridgehead atoms. The molecule has 0 amide bonds. The van der Waals surface area contributed by atoms with Gasteiger partial charge in [-0.15, -0.1) is 0 Å². The molecular formula is C17H37NO4. The molecule has 134 valence electrons. The Bertz CT molecular complexity index is 277. The molecule has 0 saturated carbocycles. The summed E-state index contributed by atoms with van der Waals surface area (Å²) in [6.45, 7) is 15.1. The molecule has 0 aromatic rings. The molecule has 0 aliphatic carbocycles. The van der Waals surface area contributed by atoms with Crippen LogP contribution in [0.25, 0.3) is 0 Å². The first-order valence-electron chi connectivity index (χ1n) is 8.42. The molecule has 0 spiro atoms. The number of nitrogens with two attached hydrogens (primary N) is 1. The van der Waals surface area contributed by atoms with Crippen molar-refractivity contribution in [3.8, 4) is 0 Å². The van der Waals surface area contributed by atoms with Crippen molar-refractivity contribution in [3.05, 3.63) is 0 Å². The molecule has 5 nitrogen and oxygen atoms in total. The molecule has 0 radical (unpaired) electrons. The third-order valence-electron chi connectivity index (χ3n) is 3.96. The fourth-order valence-electron chi connectivity index (χ4n) is 2.38. The molecular weight excluding hydrogens is 282 g/mol. The van der Waals surface area contributed by atoms with Crippen LogP contribution < -0.4 is 5.73 Å². The average Bonchev–Trinajstić information content (AvgIpc) is 2.41. The summed E-state index contributed by atoms with van der Waals surface area (Å²) < 4.78 is 10.9. The molecule has 5 heteroatoms. The highest BCUT2D eigenvalue weighted by Gasteiger charge is 2.32. The van der Waals surface area contributed by atoms with E-state index in [0.29, 0.717) is 25.6 Å². The van der Waals surface area contributed by atoms with Crippen molar-refractivity contribution in [2.45, 2.75) is 90.8 Å². The molecule has 2 fully saturated rings. The lowest BCUT2D eigenvalue weighted by atomic mass is 9.90. The van der Waals surface area contributed by atoms with Gasteiger partial charge < -0.3 is 25.4 Å². The normalized spacial score (nSPS) is 36.3. The van der Waals surface area contributed by atoms with Crippen molar-refractivity contribution in [2.75, 3.05) is 13.2 Å². The van der Waals surface area contributed by atoms with Gasteiger partial charge in [-0.25, -0.2) is 0 Å². The number of hydrogen-bond donors (Lipinski definition) is 3. The van der Waals surface area contributed by atoms with Crippen LogP contribution in [0.5, 0.6) is 0 Å². The standard InChI is InChI=1S/C8H16O2.C7H15NO2.C2H6/c1-6-5-10-8(2,3)4-7(6)9;1-7(2)3-6(9)5(8)4-10-7;1-2/h6-7,9H,4-5H2,1-3H3;5-6,9H,3-4,8H2,1-2H3;1-2H3/t6-,7-;5-,6-;/m00./s1. The van der Waals surface area contributed by atoms with Crippen LogP contribution in [-0.4, -0.2) is 52.9 Å². The smallest absolute Gasteiger partial charge is 0.0740 e. The Morgan fingerprint density at radius 3 is 1.59 bits per heavy atom. The predicted molar refractivity (Wildman–Crippen MR) is 89.8 cm³/mol. The molecule has 22 heavy (non-hydrogen) atoms. The van der Waals surface area contributed by atoms with Crippen LogP contribution in [0.15, 0.2) is 0 Å². The minimum atomic E-state index is -0.399. The topological polar surface area (TPSA) is 84.9 Å². The molecule has 2 heterocycles. The van der Waals surface area contributed by atoms with Crippen LogP contribution in [-0.2, 0) is 9.47 Å². The summed E-state index contributed by atoms with van der Waals surface area (Å²) in [5.74, 6) is 0.299. The van der Waals surface area contributed by atoms with E-state index in [0.717, 1.165) is 6.42 Å². The van der Waals surface area contributed by atoms with Crippen molar-refractivity contribution in [1.29, 1.82) is 0 Å². The molecule has 2 saturated heterocycles. The first-order chi connectivity index (χ1) is 10.0. The summed E-state index contributed by atoms with van der Waals surface area (Å²) in [5, 5.41) is 18.7. The van der Waals surface area contributed by atoms with Gasteiger partial charge in [-0.2, -0.15) is 0 Å². The fraction of sp³-hybridized carbons (Fsp3) is 1.00. The summed E-state index contributed by atoms with van der Waals surface area (Å²) in [6.07, 6.45) is 0.815. The van der Waals surface area contributed by atoms with Gasteiger partial charge in [0.1, 0.15) is 0 Å². The Kier molecular flexibility index (Phi) is 9.10. The highest BCUT2D eigenvalue weighted by atomic mass is 16.5. The van der Waals surface area contributed by atoms with Gasteiger partial charge in [0.15, 0.2) is 0 Å². The first kappa shape index (κ1) is 21.8. The Morgan fingerprint density at radius 2 is 1.27 bits per heavy atom. The van der Waals surface area contributed by atoms with Crippen LogP contribution in [0.2, 0.25) is 0 Å².